The number of nitrogens with zero attached hydrogens (tertiary/aromatic N) is 4. The van der Waals surface area contributed by atoms with E-state index in [2.05, 4.69) is 20.7 Å². The molecule has 10 heteroatoms. The van der Waals surface area contributed by atoms with Gasteiger partial charge in [0.25, 0.3) is 0 Å². The molecule has 1 aromatic carbocycles. The van der Waals surface area contributed by atoms with Gasteiger partial charge in [0.05, 0.1) is 11.1 Å². The fourth-order valence-corrected chi connectivity index (χ4v) is 5.19. The average molecular weight is 511 g/mol. The van der Waals surface area contributed by atoms with Gasteiger partial charge in [0, 0.05) is 41.8 Å². The van der Waals surface area contributed by atoms with E-state index in [-0.39, 0.29) is 36.1 Å². The van der Waals surface area contributed by atoms with Gasteiger partial charge in [-0.3, -0.25) is 14.3 Å². The number of amides is 2. The highest BCUT2D eigenvalue weighted by Gasteiger charge is 2.28. The van der Waals surface area contributed by atoms with Gasteiger partial charge in [0.15, 0.2) is 5.82 Å². The molecule has 2 unspecified atom stereocenters. The van der Waals surface area contributed by atoms with Crippen LogP contribution in [0.5, 0.6) is 0 Å². The largest absolute Gasteiger partial charge is 0.352 e. The molecule has 0 radical (unpaired) electrons. The van der Waals surface area contributed by atoms with E-state index in [4.69, 9.17) is 16.9 Å². The first-order valence-electron chi connectivity index (χ1n) is 12.0. The van der Waals surface area contributed by atoms with Crippen molar-refractivity contribution >= 4 is 40.1 Å². The van der Waals surface area contributed by atoms with Crippen LogP contribution >= 0.6 is 11.6 Å². The van der Waals surface area contributed by atoms with E-state index < -0.39 is 5.82 Å². The predicted molar refractivity (Wildman–Crippen MR) is 136 cm³/mol. The third-order valence-corrected chi connectivity index (χ3v) is 6.85. The summed E-state index contributed by atoms with van der Waals surface area (Å²) in [4.78, 5) is 29.0. The van der Waals surface area contributed by atoms with Gasteiger partial charge in [-0.1, -0.05) is 31.9 Å². The molecule has 1 aliphatic carbocycles. The highest BCUT2D eigenvalue weighted by molar-refractivity contribution is 6.33. The Kier molecular flexibility index (Phi) is 7.55. The Morgan fingerprint density at radius 3 is 2.81 bits per heavy atom. The molecule has 4 rings (SSSR count). The fourth-order valence-electron chi connectivity index (χ4n) is 4.98. The van der Waals surface area contributed by atoms with E-state index in [1.54, 1.807) is 17.8 Å². The van der Waals surface area contributed by atoms with Gasteiger partial charge in [0.1, 0.15) is 17.8 Å². The summed E-state index contributed by atoms with van der Waals surface area (Å²) in [7, 11) is 1.80. The van der Waals surface area contributed by atoms with E-state index in [0.29, 0.717) is 45.7 Å². The zero-order chi connectivity index (χ0) is 26.0. The highest BCUT2D eigenvalue weighted by Crippen LogP contribution is 2.35. The van der Waals surface area contributed by atoms with Crippen molar-refractivity contribution in [3.8, 4) is 17.2 Å². The fraction of sp³-hybridized carbons (Fsp3) is 0.423. The zero-order valence-corrected chi connectivity index (χ0v) is 21.2. The number of fused-ring (bicyclic) bond motifs is 1. The van der Waals surface area contributed by atoms with Crippen LogP contribution in [-0.4, -0.2) is 32.6 Å². The van der Waals surface area contributed by atoms with Crippen LogP contribution in [0.1, 0.15) is 57.6 Å². The number of nitrogens with one attached hydrogen (secondary N) is 2. The topological polar surface area (TPSA) is 113 Å². The molecule has 1 aliphatic rings. The minimum atomic E-state index is -0.449. The van der Waals surface area contributed by atoms with Crippen LogP contribution in [0.15, 0.2) is 24.4 Å². The molecule has 0 saturated heterocycles. The molecule has 2 aromatic heterocycles. The van der Waals surface area contributed by atoms with Crippen LogP contribution in [0, 0.1) is 23.1 Å². The van der Waals surface area contributed by atoms with E-state index in [9.17, 15) is 14.0 Å². The summed E-state index contributed by atoms with van der Waals surface area (Å²) < 4.78 is 16.7. The van der Waals surface area contributed by atoms with Crippen molar-refractivity contribution in [2.24, 2.45) is 13.0 Å². The van der Waals surface area contributed by atoms with Gasteiger partial charge in [0.2, 0.25) is 11.8 Å². The lowest BCUT2D eigenvalue weighted by Gasteiger charge is -2.28. The van der Waals surface area contributed by atoms with Crippen molar-refractivity contribution in [3.05, 3.63) is 40.9 Å². The maximum atomic E-state index is 15.0. The van der Waals surface area contributed by atoms with E-state index in [1.807, 2.05) is 26.0 Å². The molecule has 1 saturated carbocycles. The molecule has 2 amide bonds. The summed E-state index contributed by atoms with van der Waals surface area (Å²) in [5.74, 6) is -0.829. The first-order chi connectivity index (χ1) is 17.2. The Morgan fingerprint density at radius 1 is 1.31 bits per heavy atom. The molecule has 3 aromatic rings. The summed E-state index contributed by atoms with van der Waals surface area (Å²) >= 11 is 6.44. The number of pyridine rings is 1. The first-order valence-corrected chi connectivity index (χ1v) is 12.3. The Hall–Kier alpha value is -3.51. The SMILES string of the molecule is CC(C)c1c2cc(-c3cc(NC(=O)C4CCCC(NC(=O)CC#N)C4)ncc3Cl)cc(F)c2nn1C. The summed E-state index contributed by atoms with van der Waals surface area (Å²) in [6.45, 7) is 4.05. The number of hydrogen-bond acceptors (Lipinski definition) is 5. The van der Waals surface area contributed by atoms with Crippen LogP contribution in [-0.2, 0) is 16.6 Å². The van der Waals surface area contributed by atoms with Crippen LogP contribution in [0.3, 0.4) is 0 Å². The first kappa shape index (κ1) is 25.6. The van der Waals surface area contributed by atoms with Gasteiger partial charge in [-0.15, -0.1) is 0 Å². The number of halogens is 2. The van der Waals surface area contributed by atoms with Gasteiger partial charge in [-0.25, -0.2) is 9.37 Å². The molecule has 36 heavy (non-hydrogen) atoms. The van der Waals surface area contributed by atoms with E-state index >= 15 is 0 Å². The zero-order valence-electron chi connectivity index (χ0n) is 20.4. The Labute approximate surface area is 213 Å². The molecule has 2 atom stereocenters. The number of rotatable bonds is 6. The minimum absolute atomic E-state index is 0.140. The average Bonchev–Trinajstić information content (AvgIpc) is 3.17. The number of carbonyl (C=O) groups excluding carboxylic acids is 2. The monoisotopic (exact) mass is 510 g/mol. The normalized spacial score (nSPS) is 17.7. The number of anilines is 1. The van der Waals surface area contributed by atoms with Crippen molar-refractivity contribution in [1.29, 1.82) is 5.26 Å². The second kappa shape index (κ2) is 10.6. The molecule has 8 nitrogen and oxygen atoms in total. The van der Waals surface area contributed by atoms with Crippen LogP contribution in [0.2, 0.25) is 5.02 Å². The number of hydrogen-bond donors (Lipinski definition) is 2. The van der Waals surface area contributed by atoms with Crippen LogP contribution < -0.4 is 10.6 Å². The summed E-state index contributed by atoms with van der Waals surface area (Å²) in [6.07, 6.45) is 3.98. The van der Waals surface area contributed by atoms with Crippen LogP contribution in [0.25, 0.3) is 22.0 Å². The lowest BCUT2D eigenvalue weighted by molar-refractivity contribution is -0.124. The van der Waals surface area contributed by atoms with Crippen LogP contribution in [0.4, 0.5) is 10.2 Å². The highest BCUT2D eigenvalue weighted by atomic mass is 35.5. The maximum absolute atomic E-state index is 15.0. The summed E-state index contributed by atoms with van der Waals surface area (Å²) in [5, 5.41) is 19.7. The lowest BCUT2D eigenvalue weighted by Crippen LogP contribution is -2.40. The summed E-state index contributed by atoms with van der Waals surface area (Å²) in [6, 6.07) is 6.58. The molecular weight excluding hydrogens is 483 g/mol. The smallest absolute Gasteiger partial charge is 0.234 e. The maximum Gasteiger partial charge on any atom is 0.234 e. The number of nitriles is 1. The standard InChI is InChI=1S/C26H28ClFN6O2/c1-14(2)25-19-10-16(11-21(28)24(19)33-34(25)3)18-12-22(30-13-20(18)27)32-26(36)15-5-4-6-17(9-15)31-23(35)7-8-29/h10-15,17H,4-7,9H2,1-3H3,(H,31,35)(H,30,32,36). The van der Waals surface area contributed by atoms with E-state index in [1.165, 1.54) is 12.3 Å². The van der Waals surface area contributed by atoms with Crippen molar-refractivity contribution in [1.82, 2.24) is 20.1 Å². The number of benzene rings is 1. The Morgan fingerprint density at radius 2 is 2.08 bits per heavy atom. The number of aromatic nitrogens is 3. The minimum Gasteiger partial charge on any atom is -0.352 e. The number of carbonyl (C=O) groups is 2. The molecule has 1 fully saturated rings. The van der Waals surface area contributed by atoms with Gasteiger partial charge in [-0.2, -0.15) is 10.4 Å². The van der Waals surface area contributed by atoms with Crippen molar-refractivity contribution in [3.63, 3.8) is 0 Å². The second-order valence-corrected chi connectivity index (χ2v) is 9.93. The Bertz CT molecular complexity index is 1360. The number of aryl methyl sites for hydroxylation is 1. The molecule has 2 N–H and O–H groups in total. The molecule has 188 valence electrons. The quantitative estimate of drug-likeness (QED) is 0.480. The molecule has 0 spiro atoms. The summed E-state index contributed by atoms with van der Waals surface area (Å²) in [5.41, 5.74) is 2.33. The lowest BCUT2D eigenvalue weighted by atomic mass is 9.85. The predicted octanol–water partition coefficient (Wildman–Crippen LogP) is 5.08. The van der Waals surface area contributed by atoms with Gasteiger partial charge in [-0.05, 0) is 48.9 Å². The Balaban J connectivity index is 1.56. The second-order valence-electron chi connectivity index (χ2n) is 9.52. The third-order valence-electron chi connectivity index (χ3n) is 6.55. The molecule has 0 aliphatic heterocycles. The van der Waals surface area contributed by atoms with Crippen molar-refractivity contribution in [2.45, 2.75) is 57.9 Å². The third kappa shape index (κ3) is 5.34. The van der Waals surface area contributed by atoms with Gasteiger partial charge < -0.3 is 10.6 Å². The van der Waals surface area contributed by atoms with Crippen molar-refractivity contribution in [2.75, 3.05) is 5.32 Å². The van der Waals surface area contributed by atoms with Crippen molar-refractivity contribution < 1.29 is 14.0 Å². The van der Waals surface area contributed by atoms with E-state index in [0.717, 1.165) is 18.5 Å². The van der Waals surface area contributed by atoms with Gasteiger partial charge >= 0.3 is 0 Å². The molecular formula is C26H28ClFN6O2. The molecule has 0 bridgehead atoms. The molecule has 2 heterocycles.